The Morgan fingerprint density at radius 2 is 1.49 bits per heavy atom. The molecule has 0 radical (unpaired) electrons. The van der Waals surface area contributed by atoms with E-state index in [0.717, 1.165) is 21.5 Å². The third-order valence-corrected chi connectivity index (χ3v) is 8.05. The van der Waals surface area contributed by atoms with Crippen LogP contribution < -0.4 is 0 Å². The molecule has 0 spiro atoms. The molecule has 0 atom stereocenters. The van der Waals surface area contributed by atoms with Gasteiger partial charge in [-0.3, -0.25) is 9.88 Å². The Bertz CT molecular complexity index is 1880. The lowest BCUT2D eigenvalue weighted by Gasteiger charge is -2.23. The van der Waals surface area contributed by atoms with E-state index in [1.165, 1.54) is 16.9 Å². The van der Waals surface area contributed by atoms with Crippen LogP contribution in [-0.2, 0) is 30.5 Å². The summed E-state index contributed by atoms with van der Waals surface area (Å²) in [6, 6.07) is 19.9. The Labute approximate surface area is 276 Å². The largest absolute Gasteiger partial charge is 0.456 e. The summed E-state index contributed by atoms with van der Waals surface area (Å²) in [7, 11) is 0. The van der Waals surface area contributed by atoms with Crippen molar-refractivity contribution in [3.63, 3.8) is 0 Å². The van der Waals surface area contributed by atoms with Crippen LogP contribution in [0, 0.1) is 20.8 Å². The molecule has 5 aromatic rings. The molecule has 0 saturated heterocycles. The quantitative estimate of drug-likeness (QED) is 0.146. The maximum Gasteiger partial charge on any atom is 0.433 e. The number of thiazole rings is 1. The lowest BCUT2D eigenvalue weighted by atomic mass is 10.1. The second-order valence-corrected chi connectivity index (χ2v) is 13.6. The number of hydrogen-bond acceptors (Lipinski definition) is 8. The summed E-state index contributed by atoms with van der Waals surface area (Å²) < 4.78 is 46.5. The van der Waals surface area contributed by atoms with Gasteiger partial charge in [0.2, 0.25) is 0 Å². The van der Waals surface area contributed by atoms with Crippen LogP contribution >= 0.6 is 11.3 Å². The van der Waals surface area contributed by atoms with E-state index in [0.29, 0.717) is 33.9 Å². The Balaban J connectivity index is 1.45. The summed E-state index contributed by atoms with van der Waals surface area (Å²) in [5, 5.41) is 0.756. The minimum Gasteiger partial charge on any atom is -0.456 e. The van der Waals surface area contributed by atoms with E-state index < -0.39 is 23.4 Å². The van der Waals surface area contributed by atoms with E-state index in [9.17, 15) is 18.0 Å². The summed E-state index contributed by atoms with van der Waals surface area (Å²) in [6.07, 6.45) is -2.74. The molecule has 7 nitrogen and oxygen atoms in total. The Kier molecular flexibility index (Phi) is 9.88. The molecule has 0 fully saturated rings. The van der Waals surface area contributed by atoms with Gasteiger partial charge >= 0.3 is 12.1 Å². The van der Waals surface area contributed by atoms with Gasteiger partial charge in [0.25, 0.3) is 0 Å². The highest BCUT2D eigenvalue weighted by Gasteiger charge is 2.33. The number of carbonyl (C=O) groups excluding carboxylic acids is 1. The summed E-state index contributed by atoms with van der Waals surface area (Å²) in [4.78, 5) is 33.9. The molecule has 0 N–H and O–H groups in total. The van der Waals surface area contributed by atoms with Crippen LogP contribution in [0.4, 0.5) is 13.2 Å². The minimum absolute atomic E-state index is 0.0862. The fraction of sp³-hybridized carbons (Fsp3) is 0.306. The number of hydrogen-bond donors (Lipinski definition) is 0. The number of aromatic nitrogens is 4. The molecule has 244 valence electrons. The average Bonchev–Trinajstić information content (AvgIpc) is 3.46. The third kappa shape index (κ3) is 9.30. The zero-order valence-corrected chi connectivity index (χ0v) is 28.0. The van der Waals surface area contributed by atoms with Gasteiger partial charge in [0.05, 0.1) is 33.2 Å². The predicted octanol–water partition coefficient (Wildman–Crippen LogP) is 8.76. The smallest absolute Gasteiger partial charge is 0.433 e. The van der Waals surface area contributed by atoms with E-state index in [-0.39, 0.29) is 25.3 Å². The van der Waals surface area contributed by atoms with E-state index in [1.807, 2.05) is 36.2 Å². The molecule has 4 aromatic heterocycles. The number of ether oxygens (including phenoxy) is 1. The number of pyridine rings is 3. The Hall–Kier alpha value is -4.48. The van der Waals surface area contributed by atoms with Crippen molar-refractivity contribution < 1.29 is 22.7 Å². The maximum absolute atomic E-state index is 13.6. The molecule has 11 heteroatoms. The number of alkyl halides is 3. The number of carbonyl (C=O) groups is 1. The number of nitrogens with zero attached hydrogens (tertiary/aromatic N) is 5. The predicted molar refractivity (Wildman–Crippen MR) is 177 cm³/mol. The van der Waals surface area contributed by atoms with Gasteiger partial charge in [-0.15, -0.1) is 11.3 Å². The van der Waals surface area contributed by atoms with E-state index in [1.54, 1.807) is 52.8 Å². The highest BCUT2D eigenvalue weighted by atomic mass is 32.1. The van der Waals surface area contributed by atoms with E-state index in [4.69, 9.17) is 9.72 Å². The first-order chi connectivity index (χ1) is 22.1. The van der Waals surface area contributed by atoms with Crippen molar-refractivity contribution in [3.8, 4) is 21.1 Å². The molecule has 0 aliphatic rings. The summed E-state index contributed by atoms with van der Waals surface area (Å²) in [5.41, 5.74) is 4.26. The molecule has 4 heterocycles. The van der Waals surface area contributed by atoms with Crippen LogP contribution in [0.1, 0.15) is 70.7 Å². The number of benzene rings is 1. The van der Waals surface area contributed by atoms with Gasteiger partial charge in [0.1, 0.15) is 16.3 Å². The van der Waals surface area contributed by atoms with Gasteiger partial charge in [-0.05, 0) is 89.1 Å². The molecular weight excluding hydrogens is 623 g/mol. The van der Waals surface area contributed by atoms with Crippen molar-refractivity contribution >= 4 is 17.3 Å². The van der Waals surface area contributed by atoms with Crippen LogP contribution in [-0.4, -0.2) is 36.4 Å². The second kappa shape index (κ2) is 13.7. The van der Waals surface area contributed by atoms with Gasteiger partial charge in [-0.25, -0.2) is 19.7 Å². The average molecular weight is 660 g/mol. The van der Waals surface area contributed by atoms with Crippen LogP contribution in [0.5, 0.6) is 0 Å². The first-order valence-corrected chi connectivity index (χ1v) is 15.9. The van der Waals surface area contributed by atoms with Crippen LogP contribution in [0.15, 0.2) is 72.9 Å². The molecule has 0 aliphatic carbocycles. The molecule has 47 heavy (non-hydrogen) atoms. The second-order valence-electron chi connectivity index (χ2n) is 12.6. The van der Waals surface area contributed by atoms with Gasteiger partial charge in [0, 0.05) is 31.5 Å². The summed E-state index contributed by atoms with van der Waals surface area (Å²) in [5.74, 6) is -0.478. The van der Waals surface area contributed by atoms with Crippen molar-refractivity contribution in [1.82, 2.24) is 24.8 Å². The molecule has 0 bridgehead atoms. The number of rotatable bonds is 9. The molecule has 5 rings (SSSR count). The van der Waals surface area contributed by atoms with Gasteiger partial charge < -0.3 is 4.74 Å². The summed E-state index contributed by atoms with van der Waals surface area (Å²) in [6.45, 7) is 11.4. The first-order valence-electron chi connectivity index (χ1n) is 15.1. The van der Waals surface area contributed by atoms with Crippen molar-refractivity contribution in [2.45, 2.75) is 73.0 Å². The van der Waals surface area contributed by atoms with Crippen molar-refractivity contribution in [2.24, 2.45) is 0 Å². The van der Waals surface area contributed by atoms with Crippen molar-refractivity contribution in [3.05, 3.63) is 118 Å². The normalized spacial score (nSPS) is 12.0. The maximum atomic E-state index is 13.6. The van der Waals surface area contributed by atoms with Crippen molar-refractivity contribution in [1.29, 1.82) is 0 Å². The molecule has 0 unspecified atom stereocenters. The van der Waals surface area contributed by atoms with Gasteiger partial charge in [-0.2, -0.15) is 13.2 Å². The highest BCUT2D eigenvalue weighted by Crippen LogP contribution is 2.32. The number of esters is 1. The summed E-state index contributed by atoms with van der Waals surface area (Å²) >= 11 is 1.54. The lowest BCUT2D eigenvalue weighted by Crippen LogP contribution is -2.26. The number of aryl methyl sites for hydroxylation is 3. The van der Waals surface area contributed by atoms with Crippen LogP contribution in [0.25, 0.3) is 21.1 Å². The molecule has 0 amide bonds. The van der Waals surface area contributed by atoms with Crippen LogP contribution in [0.2, 0.25) is 0 Å². The van der Waals surface area contributed by atoms with Gasteiger partial charge in [-0.1, -0.05) is 35.9 Å². The zero-order valence-electron chi connectivity index (χ0n) is 27.1. The monoisotopic (exact) mass is 659 g/mol. The zero-order chi connectivity index (χ0) is 33.9. The van der Waals surface area contributed by atoms with Crippen molar-refractivity contribution in [2.75, 3.05) is 0 Å². The molecule has 1 aromatic carbocycles. The molecule has 0 saturated carbocycles. The van der Waals surface area contributed by atoms with Gasteiger partial charge in [0.15, 0.2) is 0 Å². The minimum atomic E-state index is -4.58. The number of halogens is 3. The Morgan fingerprint density at radius 1 is 0.809 bits per heavy atom. The fourth-order valence-electron chi connectivity index (χ4n) is 5.02. The standard InChI is InChI=1S/C36H36F3N5O2S/c1-22-10-12-25(13-11-22)31-18-40-33(47-31)30-9-7-8-27(42-30)19-44(20-28-14-23(2)15-32(43-28)36(37,38)39)21-29-17-26(16-24(3)41-29)34(45)46-35(4,5)6/h7-18H,19-21H2,1-6H3. The molecule has 0 aliphatic heterocycles. The third-order valence-electron chi connectivity index (χ3n) is 6.98. The first kappa shape index (κ1) is 33.9. The highest BCUT2D eigenvalue weighted by molar-refractivity contribution is 7.18. The van der Waals surface area contributed by atoms with Crippen LogP contribution in [0.3, 0.4) is 0 Å². The Morgan fingerprint density at radius 3 is 2.17 bits per heavy atom. The lowest BCUT2D eigenvalue weighted by molar-refractivity contribution is -0.141. The van der Waals surface area contributed by atoms with E-state index >= 15 is 0 Å². The topological polar surface area (TPSA) is 81.1 Å². The fourth-order valence-corrected chi connectivity index (χ4v) is 5.92. The van der Waals surface area contributed by atoms with E-state index in [2.05, 4.69) is 39.2 Å². The SMILES string of the molecule is Cc1ccc(-c2cnc(-c3cccc(CN(Cc4cc(C(=O)OC(C)(C)C)cc(C)n4)Cc4cc(C)cc(C(F)(F)F)n4)n3)s2)cc1. The molecular formula is C36H36F3N5O2S.